The Morgan fingerprint density at radius 1 is 0.686 bits per heavy atom. The Morgan fingerprint density at radius 2 is 1.27 bits per heavy atom. The first-order valence-corrected chi connectivity index (χ1v) is 19.2. The van der Waals surface area contributed by atoms with Crippen molar-refractivity contribution in [3.63, 3.8) is 0 Å². The van der Waals surface area contributed by atoms with Gasteiger partial charge in [-0.05, 0) is 59.5 Å². The summed E-state index contributed by atoms with van der Waals surface area (Å²) in [7, 11) is -20.2. The molecule has 0 aliphatic rings. The molecule has 0 fully saturated rings. The quantitative estimate of drug-likeness (QED) is 0.0601. The van der Waals surface area contributed by atoms with Gasteiger partial charge in [-0.1, -0.05) is 12.1 Å². The van der Waals surface area contributed by atoms with E-state index in [9.17, 15) is 57.0 Å². The molecule has 51 heavy (non-hydrogen) atoms. The van der Waals surface area contributed by atoms with E-state index in [-0.39, 0.29) is 5.69 Å². The molecule has 0 aliphatic heterocycles. The number of benzene rings is 4. The second-order valence-corrected chi connectivity index (χ2v) is 15.9. The highest BCUT2D eigenvalue weighted by atomic mass is 35.5. The molecule has 1 heterocycles. The number of aromatic hydroxyl groups is 1. The van der Waals surface area contributed by atoms with E-state index in [0.29, 0.717) is 12.1 Å². The summed E-state index contributed by atoms with van der Waals surface area (Å²) in [5.74, 6) is -2.26. The molecule has 0 unspecified atom stereocenters. The molecule has 268 valence electrons. The summed E-state index contributed by atoms with van der Waals surface area (Å²) < 4.78 is 135. The first-order valence-electron chi connectivity index (χ1n) is 13.1. The Morgan fingerprint density at radius 3 is 1.86 bits per heavy atom. The van der Waals surface area contributed by atoms with Crippen molar-refractivity contribution < 1.29 is 57.0 Å². The fraction of sp³-hybridized carbons (Fsp3) is 0. The topological polar surface area (TPSA) is 365 Å². The summed E-state index contributed by atoms with van der Waals surface area (Å²) in [6, 6.07) is 8.83. The number of hydrogen-bond acceptors (Lipinski definition) is 17. The summed E-state index contributed by atoms with van der Waals surface area (Å²) >= 11 is 6.12. The van der Waals surface area contributed by atoms with Gasteiger partial charge in [0.1, 0.15) is 31.0 Å². The molecule has 10 N–H and O–H groups in total. The lowest BCUT2D eigenvalue weighted by molar-refractivity contribution is 0.472. The Kier molecular flexibility index (Phi) is 9.39. The highest BCUT2D eigenvalue weighted by Gasteiger charge is 2.30. The van der Waals surface area contributed by atoms with Crippen LogP contribution in [0.25, 0.3) is 22.2 Å². The summed E-state index contributed by atoms with van der Waals surface area (Å²) in [5.41, 5.74) is 8.40. The molecule has 4 aromatic carbocycles. The Hall–Kier alpha value is -5.12. The third kappa shape index (κ3) is 7.65. The van der Waals surface area contributed by atoms with Gasteiger partial charge < -0.3 is 21.9 Å². The smallest absolute Gasteiger partial charge is 0.296 e. The third-order valence-corrected chi connectivity index (χ3v) is 10.4. The van der Waals surface area contributed by atoms with Gasteiger partial charge in [0.2, 0.25) is 11.2 Å². The van der Waals surface area contributed by atoms with Crippen LogP contribution < -0.4 is 16.8 Å². The molecule has 5 aromatic rings. The Labute approximate surface area is 291 Å². The number of aromatic nitrogens is 3. The lowest BCUT2D eigenvalue weighted by Gasteiger charge is -2.17. The molecule has 0 saturated carbocycles. The van der Waals surface area contributed by atoms with Gasteiger partial charge in [-0.3, -0.25) is 18.2 Å². The van der Waals surface area contributed by atoms with Crippen LogP contribution in [0.3, 0.4) is 0 Å². The van der Waals surface area contributed by atoms with Gasteiger partial charge in [-0.15, -0.1) is 10.2 Å². The van der Waals surface area contributed by atoms with Crippen molar-refractivity contribution in [1.82, 2.24) is 15.0 Å². The minimum Gasteiger partial charge on any atom is -0.505 e. The van der Waals surface area contributed by atoms with Crippen LogP contribution in [0, 0.1) is 0 Å². The van der Waals surface area contributed by atoms with Gasteiger partial charge in [0, 0.05) is 11.1 Å². The predicted molar refractivity (Wildman–Crippen MR) is 178 cm³/mol. The van der Waals surface area contributed by atoms with E-state index in [1.165, 1.54) is 12.1 Å². The molecule has 0 radical (unpaired) electrons. The molecule has 5 rings (SSSR count). The standard InChI is InChI=1S/C25H19ClN8O13S4/c26-24-30-23(31-25(32-24)29-11-5-6-14(12(27)9-11)48(36,37)38)19-18-10(7-16(20(19)28)50(42,43)44)8-17(51(45,46)47)21(22(18)35)34-33-13-3-1-2-4-15(13)49(39,40)41/h1-9,35H,27-28H2,(H,36,37,38)(H,39,40,41)(H,42,43,44)(H,45,46,47)(H,29,30,31,32). The van der Waals surface area contributed by atoms with Gasteiger partial charge >= 0.3 is 0 Å². The molecule has 21 nitrogen and oxygen atoms in total. The predicted octanol–water partition coefficient (Wildman–Crippen LogP) is 3.36. The maximum absolute atomic E-state index is 12.5. The van der Waals surface area contributed by atoms with Crippen LogP contribution in [0.2, 0.25) is 5.28 Å². The summed E-state index contributed by atoms with van der Waals surface area (Å²) in [4.78, 5) is 8.20. The summed E-state index contributed by atoms with van der Waals surface area (Å²) in [6.07, 6.45) is 0. The first kappa shape index (κ1) is 37.1. The zero-order valence-corrected chi connectivity index (χ0v) is 28.6. The highest BCUT2D eigenvalue weighted by Crippen LogP contribution is 2.48. The van der Waals surface area contributed by atoms with E-state index >= 15 is 0 Å². The van der Waals surface area contributed by atoms with Crippen molar-refractivity contribution in [1.29, 1.82) is 0 Å². The minimum absolute atomic E-state index is 0.0196. The van der Waals surface area contributed by atoms with Crippen molar-refractivity contribution in [2.24, 2.45) is 10.2 Å². The van der Waals surface area contributed by atoms with Gasteiger partial charge in [-0.25, -0.2) is 0 Å². The Bertz CT molecular complexity index is 2780. The van der Waals surface area contributed by atoms with E-state index in [0.717, 1.165) is 30.3 Å². The van der Waals surface area contributed by atoms with Crippen LogP contribution >= 0.6 is 11.6 Å². The molecule has 0 spiro atoms. The van der Waals surface area contributed by atoms with Crippen LogP contribution in [0.1, 0.15) is 0 Å². The fourth-order valence-electron chi connectivity index (χ4n) is 4.62. The first-order chi connectivity index (χ1) is 23.5. The molecular formula is C25H19ClN8O13S4. The number of phenolic OH excluding ortho intramolecular Hbond substituents is 1. The number of hydrogen-bond donors (Lipinski definition) is 8. The summed E-state index contributed by atoms with van der Waals surface area (Å²) in [5, 5.41) is 19.6. The zero-order valence-electron chi connectivity index (χ0n) is 24.6. The van der Waals surface area contributed by atoms with Gasteiger partial charge in [0.05, 0.1) is 16.9 Å². The number of azo groups is 1. The maximum Gasteiger partial charge on any atom is 0.296 e. The monoisotopic (exact) mass is 802 g/mol. The van der Waals surface area contributed by atoms with Crippen LogP contribution in [0.15, 0.2) is 84.4 Å². The molecule has 0 atom stereocenters. The van der Waals surface area contributed by atoms with Crippen molar-refractivity contribution in [2.75, 3.05) is 16.8 Å². The van der Waals surface area contributed by atoms with Crippen molar-refractivity contribution in [3.05, 3.63) is 59.9 Å². The van der Waals surface area contributed by atoms with Gasteiger partial charge in [-0.2, -0.15) is 48.6 Å². The van der Waals surface area contributed by atoms with E-state index in [4.69, 9.17) is 23.1 Å². The molecule has 0 amide bonds. The molecule has 0 saturated heterocycles. The number of anilines is 4. The lowest BCUT2D eigenvalue weighted by Crippen LogP contribution is -2.09. The number of fused-ring (bicyclic) bond motifs is 1. The number of nitrogens with two attached hydrogens (primary N) is 2. The van der Waals surface area contributed by atoms with Crippen LogP contribution in [0.5, 0.6) is 5.75 Å². The average molecular weight is 803 g/mol. The normalized spacial score (nSPS) is 12.8. The Balaban J connectivity index is 1.82. The second kappa shape index (κ2) is 12.9. The number of halogens is 1. The van der Waals surface area contributed by atoms with Crippen LogP contribution in [0.4, 0.5) is 34.4 Å². The number of rotatable bonds is 9. The SMILES string of the molecule is Nc1cc(Nc2nc(Cl)nc(-c3c(N)c(S(=O)(=O)O)cc4cc(S(=O)(=O)O)c(N=Nc5ccccc5S(=O)(=O)O)c(O)c34)n2)ccc1S(=O)(=O)O. The van der Waals surface area contributed by atoms with E-state index < -0.39 is 122 Å². The fourth-order valence-corrected chi connectivity index (χ4v) is 7.31. The molecule has 1 aromatic heterocycles. The highest BCUT2D eigenvalue weighted by molar-refractivity contribution is 7.86. The maximum atomic E-state index is 12.5. The third-order valence-electron chi connectivity index (χ3n) is 6.67. The second-order valence-electron chi connectivity index (χ2n) is 10.0. The molecular weight excluding hydrogens is 784 g/mol. The minimum atomic E-state index is -5.35. The number of nitrogens with zero attached hydrogens (tertiary/aromatic N) is 5. The van der Waals surface area contributed by atoms with E-state index in [2.05, 4.69) is 30.5 Å². The number of nitrogen functional groups attached to an aromatic ring is 2. The molecule has 0 bridgehead atoms. The lowest BCUT2D eigenvalue weighted by atomic mass is 10.00. The summed E-state index contributed by atoms with van der Waals surface area (Å²) in [6.45, 7) is 0. The number of nitrogens with one attached hydrogen (secondary N) is 1. The molecule has 0 aliphatic carbocycles. The van der Waals surface area contributed by atoms with Crippen molar-refractivity contribution in [2.45, 2.75) is 19.6 Å². The van der Waals surface area contributed by atoms with E-state index in [1.54, 1.807) is 0 Å². The largest absolute Gasteiger partial charge is 0.505 e. The van der Waals surface area contributed by atoms with Crippen molar-refractivity contribution in [3.8, 4) is 17.1 Å². The molecule has 26 heteroatoms. The number of phenols is 1. The van der Waals surface area contributed by atoms with E-state index in [1.807, 2.05) is 0 Å². The van der Waals surface area contributed by atoms with Crippen LogP contribution in [-0.4, -0.2) is 71.9 Å². The van der Waals surface area contributed by atoms with Gasteiger partial charge in [0.25, 0.3) is 40.5 Å². The zero-order chi connectivity index (χ0) is 37.8. The average Bonchev–Trinajstić information content (AvgIpc) is 2.98. The van der Waals surface area contributed by atoms with Gasteiger partial charge in [0.15, 0.2) is 11.6 Å². The van der Waals surface area contributed by atoms with Crippen molar-refractivity contribution >= 4 is 97.2 Å². The van der Waals surface area contributed by atoms with Crippen LogP contribution in [-0.2, 0) is 40.5 Å².